The Morgan fingerprint density at radius 3 is 2.44 bits per heavy atom. The van der Waals surface area contributed by atoms with Crippen molar-refractivity contribution in [1.29, 1.82) is 0 Å². The molecule has 1 fully saturated rings. The number of hydrogen-bond donors (Lipinski definition) is 0. The number of carbonyl (C=O) groups excluding carboxylic acids is 2. The van der Waals surface area contributed by atoms with Gasteiger partial charge in [0.1, 0.15) is 5.75 Å². The number of ether oxygens (including phenoxy) is 1. The van der Waals surface area contributed by atoms with Gasteiger partial charge in [-0.3, -0.25) is 9.59 Å². The SMILES string of the molecule is CCCCN(CC(=O)N(Cc1ccccc1)Cc1cccn1Cc1cccc(OC)c1)C(=O)C1CC1. The molecule has 1 heterocycles. The molecule has 1 aromatic heterocycles. The summed E-state index contributed by atoms with van der Waals surface area (Å²) in [6, 6.07) is 22.2. The lowest BCUT2D eigenvalue weighted by atomic mass is 10.2. The molecule has 0 spiro atoms. The van der Waals surface area contributed by atoms with E-state index in [4.69, 9.17) is 4.74 Å². The third-order valence-electron chi connectivity index (χ3n) is 6.68. The van der Waals surface area contributed by atoms with Crippen LogP contribution in [0.1, 0.15) is 49.4 Å². The highest BCUT2D eigenvalue weighted by atomic mass is 16.5. The Kier molecular flexibility index (Phi) is 8.82. The molecule has 2 amide bonds. The molecule has 1 saturated carbocycles. The number of hydrogen-bond acceptors (Lipinski definition) is 3. The normalized spacial score (nSPS) is 12.8. The van der Waals surface area contributed by atoms with E-state index in [1.54, 1.807) is 12.0 Å². The summed E-state index contributed by atoms with van der Waals surface area (Å²) in [6.45, 7) is 4.56. The minimum Gasteiger partial charge on any atom is -0.497 e. The first-order chi connectivity index (χ1) is 17.6. The second-order valence-corrected chi connectivity index (χ2v) is 9.60. The molecule has 0 radical (unpaired) electrons. The summed E-state index contributed by atoms with van der Waals surface area (Å²) in [6.07, 6.45) is 5.84. The van der Waals surface area contributed by atoms with Crippen molar-refractivity contribution in [2.24, 2.45) is 5.92 Å². The van der Waals surface area contributed by atoms with E-state index in [0.29, 0.717) is 26.2 Å². The molecule has 0 saturated heterocycles. The van der Waals surface area contributed by atoms with Crippen LogP contribution < -0.4 is 4.74 Å². The predicted octanol–water partition coefficient (Wildman–Crippen LogP) is 5.11. The number of methoxy groups -OCH3 is 1. The average Bonchev–Trinajstić information content (AvgIpc) is 3.67. The van der Waals surface area contributed by atoms with Crippen LogP contribution in [0.25, 0.3) is 0 Å². The van der Waals surface area contributed by atoms with Gasteiger partial charge in [-0.25, -0.2) is 0 Å². The van der Waals surface area contributed by atoms with Crippen molar-refractivity contribution in [2.45, 2.75) is 52.2 Å². The zero-order valence-electron chi connectivity index (χ0n) is 21.4. The predicted molar refractivity (Wildman–Crippen MR) is 141 cm³/mol. The smallest absolute Gasteiger partial charge is 0.242 e. The van der Waals surface area contributed by atoms with E-state index in [0.717, 1.165) is 48.3 Å². The van der Waals surface area contributed by atoms with Gasteiger partial charge >= 0.3 is 0 Å². The molecule has 0 unspecified atom stereocenters. The molecule has 2 aromatic carbocycles. The van der Waals surface area contributed by atoms with Gasteiger partial charge in [0, 0.05) is 37.4 Å². The van der Waals surface area contributed by atoms with Crippen molar-refractivity contribution in [2.75, 3.05) is 20.2 Å². The number of amides is 2. The summed E-state index contributed by atoms with van der Waals surface area (Å²) in [7, 11) is 1.67. The summed E-state index contributed by atoms with van der Waals surface area (Å²) in [5.41, 5.74) is 3.26. The first-order valence-electron chi connectivity index (χ1n) is 12.9. The van der Waals surface area contributed by atoms with Gasteiger partial charge in [-0.05, 0) is 54.7 Å². The Balaban J connectivity index is 1.52. The molecule has 36 heavy (non-hydrogen) atoms. The van der Waals surface area contributed by atoms with Gasteiger partial charge in [0.2, 0.25) is 11.8 Å². The number of rotatable bonds is 13. The van der Waals surface area contributed by atoms with Gasteiger partial charge < -0.3 is 19.1 Å². The average molecular weight is 488 g/mol. The van der Waals surface area contributed by atoms with E-state index in [-0.39, 0.29) is 24.3 Å². The molecule has 1 aliphatic rings. The highest BCUT2D eigenvalue weighted by Gasteiger charge is 2.34. The molecule has 6 nitrogen and oxygen atoms in total. The maximum atomic E-state index is 13.7. The van der Waals surface area contributed by atoms with Gasteiger partial charge in [0.25, 0.3) is 0 Å². The Hall–Kier alpha value is -3.54. The lowest BCUT2D eigenvalue weighted by Gasteiger charge is -2.28. The third-order valence-corrected chi connectivity index (χ3v) is 6.68. The van der Waals surface area contributed by atoms with Crippen LogP contribution in [0.3, 0.4) is 0 Å². The van der Waals surface area contributed by atoms with Crippen molar-refractivity contribution >= 4 is 11.8 Å². The summed E-state index contributed by atoms with van der Waals surface area (Å²) in [4.78, 5) is 30.2. The van der Waals surface area contributed by atoms with Gasteiger partial charge in [0.15, 0.2) is 0 Å². The molecule has 190 valence electrons. The number of carbonyl (C=O) groups is 2. The van der Waals surface area contributed by atoms with Crippen LogP contribution in [-0.2, 0) is 29.2 Å². The first kappa shape index (κ1) is 25.5. The molecule has 3 aromatic rings. The maximum absolute atomic E-state index is 13.7. The largest absolute Gasteiger partial charge is 0.497 e. The van der Waals surface area contributed by atoms with E-state index in [9.17, 15) is 9.59 Å². The second-order valence-electron chi connectivity index (χ2n) is 9.60. The van der Waals surface area contributed by atoms with Crippen LogP contribution in [0.2, 0.25) is 0 Å². The van der Waals surface area contributed by atoms with Crippen molar-refractivity contribution in [3.63, 3.8) is 0 Å². The highest BCUT2D eigenvalue weighted by molar-refractivity contribution is 5.87. The number of unbranched alkanes of at least 4 members (excludes halogenated alkanes) is 1. The van der Waals surface area contributed by atoms with Crippen LogP contribution in [0.5, 0.6) is 5.75 Å². The Morgan fingerprint density at radius 2 is 1.72 bits per heavy atom. The zero-order valence-corrected chi connectivity index (χ0v) is 21.4. The van der Waals surface area contributed by atoms with Crippen molar-refractivity contribution < 1.29 is 14.3 Å². The van der Waals surface area contributed by atoms with E-state index >= 15 is 0 Å². The van der Waals surface area contributed by atoms with E-state index < -0.39 is 0 Å². The highest BCUT2D eigenvalue weighted by Crippen LogP contribution is 2.31. The lowest BCUT2D eigenvalue weighted by Crippen LogP contribution is -2.43. The molecule has 0 bridgehead atoms. The molecule has 0 aliphatic heterocycles. The topological polar surface area (TPSA) is 54.8 Å². The van der Waals surface area contributed by atoms with Gasteiger partial charge in [-0.15, -0.1) is 0 Å². The molecule has 1 aliphatic carbocycles. The standard InChI is InChI=1S/C30H37N3O3/c1-3-4-17-32(30(35)26-15-16-26)23-29(34)33(20-24-10-6-5-7-11-24)22-27-13-9-18-31(27)21-25-12-8-14-28(19-25)36-2/h5-14,18-19,26H,3-4,15-17,20-23H2,1-2H3. The molecule has 0 N–H and O–H groups in total. The minimum absolute atomic E-state index is 0.0157. The van der Waals surface area contributed by atoms with Gasteiger partial charge in [-0.1, -0.05) is 55.8 Å². The van der Waals surface area contributed by atoms with Crippen molar-refractivity contribution in [3.05, 3.63) is 89.7 Å². The molecule has 4 rings (SSSR count). The lowest BCUT2D eigenvalue weighted by molar-refractivity contribution is -0.142. The zero-order chi connectivity index (χ0) is 25.3. The molecular formula is C30H37N3O3. The fraction of sp³-hybridized carbons (Fsp3) is 0.400. The fourth-order valence-electron chi connectivity index (χ4n) is 4.41. The number of aromatic nitrogens is 1. The van der Waals surface area contributed by atoms with Gasteiger partial charge in [0.05, 0.1) is 20.2 Å². The van der Waals surface area contributed by atoms with Crippen LogP contribution >= 0.6 is 0 Å². The van der Waals surface area contributed by atoms with Crippen LogP contribution in [0.15, 0.2) is 72.9 Å². The van der Waals surface area contributed by atoms with E-state index in [2.05, 4.69) is 23.6 Å². The quantitative estimate of drug-likeness (QED) is 0.337. The maximum Gasteiger partial charge on any atom is 0.242 e. The summed E-state index contributed by atoms with van der Waals surface area (Å²) in [5, 5.41) is 0. The van der Waals surface area contributed by atoms with E-state index in [1.807, 2.05) is 65.7 Å². The Morgan fingerprint density at radius 1 is 0.944 bits per heavy atom. The molecule has 6 heteroatoms. The minimum atomic E-state index is -0.0157. The van der Waals surface area contributed by atoms with Crippen LogP contribution in [-0.4, -0.2) is 46.4 Å². The Bertz CT molecular complexity index is 1140. The molecular weight excluding hydrogens is 450 g/mol. The third kappa shape index (κ3) is 7.00. The second kappa shape index (κ2) is 12.4. The Labute approximate surface area is 214 Å². The monoisotopic (exact) mass is 487 g/mol. The number of nitrogens with zero attached hydrogens (tertiary/aromatic N) is 3. The summed E-state index contributed by atoms with van der Waals surface area (Å²) in [5.74, 6) is 1.06. The van der Waals surface area contributed by atoms with Crippen LogP contribution in [0.4, 0.5) is 0 Å². The number of benzene rings is 2. The fourth-order valence-corrected chi connectivity index (χ4v) is 4.41. The summed E-state index contributed by atoms with van der Waals surface area (Å²) < 4.78 is 7.55. The van der Waals surface area contributed by atoms with Crippen molar-refractivity contribution in [1.82, 2.24) is 14.4 Å². The van der Waals surface area contributed by atoms with E-state index in [1.165, 1.54) is 0 Å². The first-order valence-corrected chi connectivity index (χ1v) is 12.9. The summed E-state index contributed by atoms with van der Waals surface area (Å²) >= 11 is 0. The van der Waals surface area contributed by atoms with Crippen molar-refractivity contribution in [3.8, 4) is 5.75 Å². The molecule has 0 atom stereocenters. The van der Waals surface area contributed by atoms with Crippen LogP contribution in [0, 0.1) is 5.92 Å². The van der Waals surface area contributed by atoms with Gasteiger partial charge in [-0.2, -0.15) is 0 Å².